The Morgan fingerprint density at radius 1 is 1.38 bits per heavy atom. The maximum atomic E-state index is 10.1. The minimum Gasteiger partial charge on any atom is -0.389 e. The first-order chi connectivity index (χ1) is 6.12. The number of piperidine rings is 1. The molecule has 13 heavy (non-hydrogen) atoms. The summed E-state index contributed by atoms with van der Waals surface area (Å²) in [5, 5.41) is 13.4. The lowest BCUT2D eigenvalue weighted by atomic mass is 9.95. The molecule has 0 aromatic rings. The Hall–Kier alpha value is 0.270. The van der Waals surface area contributed by atoms with Gasteiger partial charge < -0.3 is 10.4 Å². The van der Waals surface area contributed by atoms with Crippen LogP contribution in [0.3, 0.4) is 0 Å². The number of hydrogen-bond donors (Lipinski definition) is 2. The molecule has 0 aliphatic carbocycles. The van der Waals surface area contributed by atoms with Gasteiger partial charge in [-0.2, -0.15) is 11.8 Å². The largest absolute Gasteiger partial charge is 0.389 e. The van der Waals surface area contributed by atoms with E-state index in [1.54, 1.807) is 0 Å². The minimum atomic E-state index is -0.384. The van der Waals surface area contributed by atoms with Gasteiger partial charge in [-0.15, -0.1) is 0 Å². The summed E-state index contributed by atoms with van der Waals surface area (Å²) in [7, 11) is 0. The standard InChI is InChI=1S/C10H21NOS/c1-9(2)7-13-8-10(12)3-5-11-6-4-10/h9,11-12H,3-8H2,1-2H3. The van der Waals surface area contributed by atoms with Crippen LogP contribution in [0.4, 0.5) is 0 Å². The minimum absolute atomic E-state index is 0.384. The summed E-state index contributed by atoms with van der Waals surface area (Å²) in [6.45, 7) is 6.39. The molecule has 1 rings (SSSR count). The van der Waals surface area contributed by atoms with Crippen molar-refractivity contribution < 1.29 is 5.11 Å². The second-order valence-corrected chi connectivity index (χ2v) is 5.41. The van der Waals surface area contributed by atoms with E-state index in [-0.39, 0.29) is 5.60 Å². The number of hydrogen-bond acceptors (Lipinski definition) is 3. The molecule has 0 atom stereocenters. The van der Waals surface area contributed by atoms with Crippen LogP contribution in [-0.4, -0.2) is 35.3 Å². The first-order valence-corrected chi connectivity index (χ1v) is 6.29. The van der Waals surface area contributed by atoms with Gasteiger partial charge in [0.2, 0.25) is 0 Å². The van der Waals surface area contributed by atoms with Crippen molar-refractivity contribution >= 4 is 11.8 Å². The molecular formula is C10H21NOS. The molecular weight excluding hydrogens is 182 g/mol. The van der Waals surface area contributed by atoms with E-state index in [1.165, 1.54) is 0 Å². The maximum absolute atomic E-state index is 10.1. The van der Waals surface area contributed by atoms with Gasteiger partial charge in [0, 0.05) is 5.75 Å². The van der Waals surface area contributed by atoms with Crippen LogP contribution in [0.25, 0.3) is 0 Å². The number of rotatable bonds is 4. The van der Waals surface area contributed by atoms with Crippen LogP contribution in [0, 0.1) is 5.92 Å². The summed E-state index contributed by atoms with van der Waals surface area (Å²) in [5.74, 6) is 2.80. The van der Waals surface area contributed by atoms with Gasteiger partial charge in [-0.05, 0) is 37.6 Å². The molecule has 1 heterocycles. The third kappa shape index (κ3) is 4.34. The van der Waals surface area contributed by atoms with Gasteiger partial charge in [0.25, 0.3) is 0 Å². The molecule has 0 saturated carbocycles. The second-order valence-electron chi connectivity index (χ2n) is 4.38. The Morgan fingerprint density at radius 2 is 2.00 bits per heavy atom. The fraction of sp³-hybridized carbons (Fsp3) is 1.00. The quantitative estimate of drug-likeness (QED) is 0.726. The van der Waals surface area contributed by atoms with Crippen molar-refractivity contribution in [3.05, 3.63) is 0 Å². The Kier molecular flexibility index (Phi) is 4.56. The lowest BCUT2D eigenvalue weighted by Crippen LogP contribution is -2.43. The van der Waals surface area contributed by atoms with Gasteiger partial charge >= 0.3 is 0 Å². The van der Waals surface area contributed by atoms with Crippen LogP contribution in [0.5, 0.6) is 0 Å². The van der Waals surface area contributed by atoms with Gasteiger partial charge in [-0.3, -0.25) is 0 Å². The van der Waals surface area contributed by atoms with Crippen molar-refractivity contribution in [1.29, 1.82) is 0 Å². The van der Waals surface area contributed by atoms with Gasteiger partial charge in [0.1, 0.15) is 0 Å². The Morgan fingerprint density at radius 3 is 2.54 bits per heavy atom. The highest BCUT2D eigenvalue weighted by atomic mass is 32.2. The monoisotopic (exact) mass is 203 g/mol. The van der Waals surface area contributed by atoms with E-state index in [4.69, 9.17) is 0 Å². The highest BCUT2D eigenvalue weighted by molar-refractivity contribution is 7.99. The fourth-order valence-corrected chi connectivity index (χ4v) is 2.78. The van der Waals surface area contributed by atoms with Crippen LogP contribution < -0.4 is 5.32 Å². The van der Waals surface area contributed by atoms with Crippen molar-refractivity contribution in [2.75, 3.05) is 24.6 Å². The van der Waals surface area contributed by atoms with Gasteiger partial charge in [-0.1, -0.05) is 13.8 Å². The smallest absolute Gasteiger partial charge is 0.0761 e. The van der Waals surface area contributed by atoms with Crippen LogP contribution >= 0.6 is 11.8 Å². The summed E-state index contributed by atoms with van der Waals surface area (Å²) in [5.41, 5.74) is -0.384. The average Bonchev–Trinajstić information content (AvgIpc) is 2.04. The van der Waals surface area contributed by atoms with Gasteiger partial charge in [0.15, 0.2) is 0 Å². The zero-order valence-electron chi connectivity index (χ0n) is 8.68. The summed E-state index contributed by atoms with van der Waals surface area (Å²) < 4.78 is 0. The Labute approximate surface area is 85.5 Å². The van der Waals surface area contributed by atoms with Gasteiger partial charge in [0.05, 0.1) is 5.60 Å². The van der Waals surface area contributed by atoms with Crippen LogP contribution in [0.1, 0.15) is 26.7 Å². The van der Waals surface area contributed by atoms with Crippen LogP contribution in [-0.2, 0) is 0 Å². The van der Waals surface area contributed by atoms with Crippen molar-refractivity contribution in [3.63, 3.8) is 0 Å². The molecule has 0 unspecified atom stereocenters. The van der Waals surface area contributed by atoms with Gasteiger partial charge in [-0.25, -0.2) is 0 Å². The SMILES string of the molecule is CC(C)CSCC1(O)CCNCC1. The highest BCUT2D eigenvalue weighted by Gasteiger charge is 2.28. The summed E-state index contributed by atoms with van der Waals surface area (Å²) in [4.78, 5) is 0. The van der Waals surface area contributed by atoms with E-state index in [2.05, 4.69) is 19.2 Å². The van der Waals surface area contributed by atoms with E-state index in [0.717, 1.165) is 43.4 Å². The second kappa shape index (κ2) is 5.23. The zero-order chi connectivity index (χ0) is 9.73. The predicted molar refractivity (Wildman–Crippen MR) is 59.2 cm³/mol. The molecule has 3 heteroatoms. The van der Waals surface area contributed by atoms with Crippen molar-refractivity contribution in [2.24, 2.45) is 5.92 Å². The first-order valence-electron chi connectivity index (χ1n) is 5.13. The van der Waals surface area contributed by atoms with E-state index >= 15 is 0 Å². The Balaban J connectivity index is 2.17. The summed E-state index contributed by atoms with van der Waals surface area (Å²) in [6.07, 6.45) is 1.83. The average molecular weight is 203 g/mol. The third-order valence-electron chi connectivity index (χ3n) is 2.36. The molecule has 0 spiro atoms. The molecule has 78 valence electrons. The number of thioether (sulfide) groups is 1. The van der Waals surface area contributed by atoms with E-state index in [1.807, 2.05) is 11.8 Å². The van der Waals surface area contributed by atoms with Crippen molar-refractivity contribution in [3.8, 4) is 0 Å². The summed E-state index contributed by atoms with van der Waals surface area (Å²) in [6, 6.07) is 0. The lowest BCUT2D eigenvalue weighted by Gasteiger charge is -2.32. The van der Waals surface area contributed by atoms with E-state index < -0.39 is 0 Å². The first kappa shape index (κ1) is 11.3. The van der Waals surface area contributed by atoms with Crippen molar-refractivity contribution in [2.45, 2.75) is 32.3 Å². The van der Waals surface area contributed by atoms with E-state index in [0.29, 0.717) is 0 Å². The molecule has 2 N–H and O–H groups in total. The summed E-state index contributed by atoms with van der Waals surface area (Å²) >= 11 is 1.89. The molecule has 0 aromatic heterocycles. The van der Waals surface area contributed by atoms with Crippen LogP contribution in [0.2, 0.25) is 0 Å². The molecule has 2 nitrogen and oxygen atoms in total. The number of aliphatic hydroxyl groups is 1. The molecule has 1 fully saturated rings. The predicted octanol–water partition coefficient (Wildman–Crippen LogP) is 1.49. The highest BCUT2D eigenvalue weighted by Crippen LogP contribution is 2.24. The molecule has 1 aliphatic rings. The zero-order valence-corrected chi connectivity index (χ0v) is 9.49. The lowest BCUT2D eigenvalue weighted by molar-refractivity contribution is 0.0339. The normalized spacial score (nSPS) is 22.2. The van der Waals surface area contributed by atoms with E-state index in [9.17, 15) is 5.11 Å². The molecule has 1 saturated heterocycles. The molecule has 0 bridgehead atoms. The maximum Gasteiger partial charge on any atom is 0.0761 e. The number of nitrogens with one attached hydrogen (secondary N) is 1. The Bertz CT molecular complexity index is 144. The third-order valence-corrected chi connectivity index (χ3v) is 4.00. The van der Waals surface area contributed by atoms with Crippen LogP contribution in [0.15, 0.2) is 0 Å². The molecule has 1 aliphatic heterocycles. The van der Waals surface area contributed by atoms with Crippen molar-refractivity contribution in [1.82, 2.24) is 5.32 Å². The topological polar surface area (TPSA) is 32.3 Å². The molecule has 0 amide bonds. The fourth-order valence-electron chi connectivity index (χ4n) is 1.52. The molecule has 0 aromatic carbocycles. The molecule has 0 radical (unpaired) electrons.